The highest BCUT2D eigenvalue weighted by Gasteiger charge is 2.71. The van der Waals surface area contributed by atoms with Gasteiger partial charge in [0.1, 0.15) is 17.9 Å². The predicted molar refractivity (Wildman–Crippen MR) is 107 cm³/mol. The molecule has 6 nitrogen and oxygen atoms in total. The van der Waals surface area contributed by atoms with Crippen molar-refractivity contribution in [2.75, 3.05) is 11.5 Å². The van der Waals surface area contributed by atoms with E-state index < -0.39 is 23.3 Å². The van der Waals surface area contributed by atoms with Crippen LogP contribution >= 0.6 is 0 Å². The van der Waals surface area contributed by atoms with Crippen LogP contribution in [0.4, 0.5) is 5.69 Å². The summed E-state index contributed by atoms with van der Waals surface area (Å²) in [4.78, 5) is 41.1. The molecule has 29 heavy (non-hydrogen) atoms. The van der Waals surface area contributed by atoms with E-state index in [1.165, 1.54) is 4.90 Å². The zero-order chi connectivity index (χ0) is 20.8. The summed E-state index contributed by atoms with van der Waals surface area (Å²) >= 11 is 0. The number of para-hydroxylation sites is 1. The van der Waals surface area contributed by atoms with Gasteiger partial charge >= 0.3 is 5.97 Å². The van der Waals surface area contributed by atoms with Crippen LogP contribution < -0.4 is 10.2 Å². The summed E-state index contributed by atoms with van der Waals surface area (Å²) in [7, 11) is 0. The van der Waals surface area contributed by atoms with Crippen molar-refractivity contribution in [3.8, 4) is 0 Å². The third-order valence-corrected chi connectivity index (χ3v) is 6.19. The van der Waals surface area contributed by atoms with Gasteiger partial charge in [0.25, 0.3) is 0 Å². The molecule has 6 heteroatoms. The smallest absolute Gasteiger partial charge is 0.368 e. The Morgan fingerprint density at radius 3 is 2.38 bits per heavy atom. The average molecular weight is 393 g/mol. The predicted octanol–water partition coefficient (Wildman–Crippen LogP) is 1.74. The maximum absolute atomic E-state index is 13.5. The van der Waals surface area contributed by atoms with Crippen LogP contribution in [-0.2, 0) is 19.1 Å². The Balaban J connectivity index is 1.84. The number of nitrogens with zero attached hydrogens (tertiary/aromatic N) is 1. The monoisotopic (exact) mass is 393 g/mol. The number of hydrogen-bond donors (Lipinski definition) is 1. The number of ether oxygens (including phenoxy) is 1. The third-order valence-electron chi connectivity index (χ3n) is 6.19. The maximum atomic E-state index is 13.5. The molecule has 2 N–H and O–H groups in total. The first-order valence-electron chi connectivity index (χ1n) is 9.91. The highest BCUT2D eigenvalue weighted by Crippen LogP contribution is 2.46. The molecule has 2 amide bonds. The molecule has 2 heterocycles. The molecule has 0 bridgehead atoms. The van der Waals surface area contributed by atoms with Crippen molar-refractivity contribution in [1.82, 2.24) is 0 Å². The molecule has 2 aliphatic rings. The molecule has 0 unspecified atom stereocenters. The summed E-state index contributed by atoms with van der Waals surface area (Å²) in [5, 5.41) is 1.86. The van der Waals surface area contributed by atoms with Gasteiger partial charge in [-0.25, -0.2) is 9.69 Å². The molecule has 2 aromatic rings. The number of esters is 1. The molecular weight excluding hydrogens is 368 g/mol. The molecule has 0 radical (unpaired) electrons. The van der Waals surface area contributed by atoms with Crippen molar-refractivity contribution in [2.45, 2.75) is 32.4 Å². The molecule has 150 valence electrons. The maximum Gasteiger partial charge on any atom is 0.368 e. The lowest BCUT2D eigenvalue weighted by Crippen LogP contribution is -2.97. The van der Waals surface area contributed by atoms with Crippen LogP contribution in [0.1, 0.15) is 31.0 Å². The van der Waals surface area contributed by atoms with E-state index in [1.54, 1.807) is 38.1 Å². The van der Waals surface area contributed by atoms with Crippen LogP contribution in [0.25, 0.3) is 0 Å². The second kappa shape index (κ2) is 7.12. The van der Waals surface area contributed by atoms with Gasteiger partial charge in [-0.3, -0.25) is 9.59 Å². The Labute approximate surface area is 169 Å². The summed E-state index contributed by atoms with van der Waals surface area (Å²) in [6.45, 7) is 5.67. The van der Waals surface area contributed by atoms with Gasteiger partial charge in [-0.05, 0) is 31.5 Å². The van der Waals surface area contributed by atoms with Crippen molar-refractivity contribution in [3.05, 3.63) is 65.7 Å². The molecule has 0 aromatic heterocycles. The van der Waals surface area contributed by atoms with Crippen molar-refractivity contribution in [3.63, 3.8) is 0 Å². The fourth-order valence-corrected chi connectivity index (χ4v) is 4.82. The summed E-state index contributed by atoms with van der Waals surface area (Å²) in [6.07, 6.45) is 0. The fourth-order valence-electron chi connectivity index (χ4n) is 4.82. The number of rotatable bonds is 4. The van der Waals surface area contributed by atoms with E-state index in [-0.39, 0.29) is 24.5 Å². The molecule has 0 aliphatic carbocycles. The number of nitrogens with two attached hydrogens (primary N) is 1. The highest BCUT2D eigenvalue weighted by molar-refractivity contribution is 6.23. The molecule has 2 saturated heterocycles. The van der Waals surface area contributed by atoms with Crippen LogP contribution in [0, 0.1) is 18.8 Å². The number of fused-ring (bicyclic) bond motifs is 1. The number of carbonyl (C=O) groups is 3. The highest BCUT2D eigenvalue weighted by atomic mass is 16.5. The summed E-state index contributed by atoms with van der Waals surface area (Å²) in [5.41, 5.74) is 1.36. The van der Waals surface area contributed by atoms with Gasteiger partial charge in [0, 0.05) is 12.5 Å². The van der Waals surface area contributed by atoms with Gasteiger partial charge in [-0.1, -0.05) is 42.5 Å². The molecular formula is C23H25N2O4+. The third kappa shape index (κ3) is 2.86. The largest absolute Gasteiger partial charge is 0.461 e. The zero-order valence-electron chi connectivity index (χ0n) is 16.8. The molecule has 2 aliphatic heterocycles. The molecule has 2 fully saturated rings. The number of quaternary nitrogens is 1. The molecule has 0 saturated carbocycles. The zero-order valence-corrected chi connectivity index (χ0v) is 16.8. The van der Waals surface area contributed by atoms with Crippen molar-refractivity contribution >= 4 is 23.5 Å². The fraction of sp³-hybridized carbons (Fsp3) is 0.348. The number of imide groups is 1. The van der Waals surface area contributed by atoms with Gasteiger partial charge in [0.05, 0.1) is 12.3 Å². The summed E-state index contributed by atoms with van der Waals surface area (Å²) in [5.74, 6) is -2.46. The van der Waals surface area contributed by atoms with E-state index in [0.717, 1.165) is 11.1 Å². The first-order chi connectivity index (χ1) is 13.9. The van der Waals surface area contributed by atoms with Gasteiger partial charge in [0.2, 0.25) is 17.4 Å². The summed E-state index contributed by atoms with van der Waals surface area (Å²) in [6, 6.07) is 16.4. The lowest BCUT2D eigenvalue weighted by Gasteiger charge is -2.26. The van der Waals surface area contributed by atoms with Crippen LogP contribution in [0.2, 0.25) is 0 Å². The van der Waals surface area contributed by atoms with Crippen LogP contribution in [0.5, 0.6) is 0 Å². The SMILES string of the molecule is CCOC(=O)[C@]1(C)[NH2+][C@@H](c2ccccc2C)[C@H]2C(=O)N(c3ccccc3)C(=O)[C@H]21. The Morgan fingerprint density at radius 1 is 1.07 bits per heavy atom. The van der Waals surface area contributed by atoms with Gasteiger partial charge in [-0.15, -0.1) is 0 Å². The van der Waals surface area contributed by atoms with Crippen molar-refractivity contribution < 1.29 is 24.4 Å². The Kier molecular flexibility index (Phi) is 4.74. The number of amides is 2. The van der Waals surface area contributed by atoms with E-state index in [0.29, 0.717) is 5.69 Å². The molecule has 4 atom stereocenters. The molecule has 0 spiro atoms. The van der Waals surface area contributed by atoms with E-state index in [1.807, 2.05) is 42.6 Å². The minimum absolute atomic E-state index is 0.221. The normalized spacial score (nSPS) is 28.5. The van der Waals surface area contributed by atoms with Gasteiger partial charge in [-0.2, -0.15) is 0 Å². The first-order valence-corrected chi connectivity index (χ1v) is 9.91. The number of benzene rings is 2. The van der Waals surface area contributed by atoms with Gasteiger partial charge in [0.15, 0.2) is 0 Å². The van der Waals surface area contributed by atoms with Gasteiger partial charge < -0.3 is 10.1 Å². The minimum Gasteiger partial charge on any atom is -0.461 e. The van der Waals surface area contributed by atoms with E-state index in [2.05, 4.69) is 0 Å². The summed E-state index contributed by atoms with van der Waals surface area (Å²) < 4.78 is 5.32. The number of anilines is 1. The quantitative estimate of drug-likeness (QED) is 0.634. The topological polar surface area (TPSA) is 80.3 Å². The second-order valence-corrected chi connectivity index (χ2v) is 7.90. The Morgan fingerprint density at radius 2 is 1.72 bits per heavy atom. The number of aryl methyl sites for hydroxylation is 1. The van der Waals surface area contributed by atoms with Crippen LogP contribution in [-0.4, -0.2) is 29.9 Å². The lowest BCUT2D eigenvalue weighted by atomic mass is 9.80. The minimum atomic E-state index is -1.16. The Bertz CT molecular complexity index is 974. The van der Waals surface area contributed by atoms with Crippen LogP contribution in [0.15, 0.2) is 54.6 Å². The van der Waals surface area contributed by atoms with Crippen molar-refractivity contribution in [2.24, 2.45) is 11.8 Å². The number of hydrogen-bond acceptors (Lipinski definition) is 4. The number of carbonyl (C=O) groups excluding carboxylic acids is 3. The first kappa shape index (κ1) is 19.3. The van der Waals surface area contributed by atoms with Crippen molar-refractivity contribution in [1.29, 1.82) is 0 Å². The standard InChI is InChI=1S/C23H24N2O4/c1-4-29-22(28)23(3)18-17(19(24-23)16-13-9-8-10-14(16)2)20(26)25(21(18)27)15-11-6-5-7-12-15/h5-13,17-19,24H,4H2,1-3H3/p+1/t17-,18-,19-,23+/m0/s1. The molecule has 4 rings (SSSR count). The van der Waals surface area contributed by atoms with E-state index in [9.17, 15) is 14.4 Å². The lowest BCUT2D eigenvalue weighted by molar-refractivity contribution is -0.731. The van der Waals surface area contributed by atoms with E-state index in [4.69, 9.17) is 4.74 Å². The van der Waals surface area contributed by atoms with E-state index >= 15 is 0 Å². The Hall–Kier alpha value is -2.99. The average Bonchev–Trinajstić information content (AvgIpc) is 3.17. The molecule has 2 aromatic carbocycles. The van der Waals surface area contributed by atoms with Crippen LogP contribution in [0.3, 0.4) is 0 Å². The second-order valence-electron chi connectivity index (χ2n) is 7.90.